The minimum atomic E-state index is -0.428. The molecule has 1 aromatic carbocycles. The predicted octanol–water partition coefficient (Wildman–Crippen LogP) is 2.69. The molecule has 1 heterocycles. The maximum atomic E-state index is 12.9. The van der Waals surface area contributed by atoms with E-state index in [2.05, 4.69) is 15.5 Å². The van der Waals surface area contributed by atoms with Gasteiger partial charge in [-0.15, -0.1) is 10.2 Å². The summed E-state index contributed by atoms with van der Waals surface area (Å²) in [5.74, 6) is 0.00131. The van der Waals surface area contributed by atoms with Gasteiger partial charge in [-0.2, -0.15) is 0 Å². The molecule has 2 aromatic rings. The second-order valence-electron chi connectivity index (χ2n) is 3.97. The molecule has 1 aromatic heterocycles. The average Bonchev–Trinajstić information content (AvgIpc) is 2.79. The molecule has 0 aliphatic heterocycles. The van der Waals surface area contributed by atoms with Gasteiger partial charge in [0.1, 0.15) is 10.8 Å². The highest BCUT2D eigenvalue weighted by Gasteiger charge is 2.07. The minimum Gasteiger partial charge on any atom is -0.397 e. The third-order valence-corrected chi connectivity index (χ3v) is 4.32. The summed E-state index contributed by atoms with van der Waals surface area (Å²) in [6.07, 6.45) is 0.320. The summed E-state index contributed by atoms with van der Waals surface area (Å²) in [4.78, 5) is 11.7. The van der Waals surface area contributed by atoms with Crippen LogP contribution in [0.15, 0.2) is 22.5 Å². The van der Waals surface area contributed by atoms with Crippen molar-refractivity contribution in [1.29, 1.82) is 0 Å². The predicted molar refractivity (Wildman–Crippen MR) is 79.4 cm³/mol. The molecule has 106 valence electrons. The fraction of sp³-hybridized carbons (Fsp3) is 0.250. The number of carbonyl (C=O) groups is 1. The Labute approximate surface area is 123 Å². The molecule has 2 rings (SSSR count). The van der Waals surface area contributed by atoms with Crippen LogP contribution in [-0.4, -0.2) is 21.9 Å². The van der Waals surface area contributed by atoms with Crippen LogP contribution >= 0.6 is 23.1 Å². The van der Waals surface area contributed by atoms with Crippen LogP contribution < -0.4 is 11.1 Å². The van der Waals surface area contributed by atoms with Crippen LogP contribution in [0.4, 0.5) is 15.8 Å². The van der Waals surface area contributed by atoms with E-state index in [9.17, 15) is 9.18 Å². The topological polar surface area (TPSA) is 80.9 Å². The van der Waals surface area contributed by atoms with Gasteiger partial charge < -0.3 is 11.1 Å². The lowest BCUT2D eigenvalue weighted by Crippen LogP contribution is -2.13. The highest BCUT2D eigenvalue weighted by atomic mass is 32.2. The normalized spacial score (nSPS) is 10.5. The molecule has 0 aliphatic rings. The van der Waals surface area contributed by atoms with E-state index in [1.807, 2.05) is 6.92 Å². The van der Waals surface area contributed by atoms with Gasteiger partial charge in [0.2, 0.25) is 5.91 Å². The molecule has 0 radical (unpaired) electrons. The van der Waals surface area contributed by atoms with Crippen molar-refractivity contribution in [3.63, 3.8) is 0 Å². The van der Waals surface area contributed by atoms with E-state index in [-0.39, 0.29) is 11.6 Å². The van der Waals surface area contributed by atoms with Crippen molar-refractivity contribution < 1.29 is 9.18 Å². The largest absolute Gasteiger partial charge is 0.397 e. The molecule has 8 heteroatoms. The number of nitrogen functional groups attached to an aromatic ring is 1. The monoisotopic (exact) mass is 312 g/mol. The number of halogens is 1. The highest BCUT2D eigenvalue weighted by molar-refractivity contribution is 8.01. The summed E-state index contributed by atoms with van der Waals surface area (Å²) in [6, 6.07) is 3.88. The fourth-order valence-corrected chi connectivity index (χ4v) is 3.25. The van der Waals surface area contributed by atoms with Crippen molar-refractivity contribution in [2.75, 3.05) is 16.8 Å². The number of nitrogens with one attached hydrogen (secondary N) is 1. The van der Waals surface area contributed by atoms with Crippen LogP contribution in [-0.2, 0) is 4.79 Å². The summed E-state index contributed by atoms with van der Waals surface area (Å²) in [7, 11) is 0. The maximum absolute atomic E-state index is 12.9. The molecule has 1 amide bonds. The summed E-state index contributed by atoms with van der Waals surface area (Å²) in [5, 5.41) is 11.4. The minimum absolute atomic E-state index is 0.169. The standard InChI is InChI=1S/C12H13FN4OS2/c1-7-16-17-12(20-7)19-5-4-11(18)15-10-3-2-8(13)6-9(10)14/h2-3,6H,4-5,14H2,1H3,(H,15,18). The maximum Gasteiger partial charge on any atom is 0.225 e. The Hall–Kier alpha value is -1.67. The molecule has 0 atom stereocenters. The first kappa shape index (κ1) is 14.7. The Morgan fingerprint density at radius 1 is 1.50 bits per heavy atom. The number of anilines is 2. The summed E-state index contributed by atoms with van der Waals surface area (Å²) in [6.45, 7) is 1.88. The number of nitrogens with two attached hydrogens (primary N) is 1. The zero-order chi connectivity index (χ0) is 14.5. The molecule has 0 saturated heterocycles. The van der Waals surface area contributed by atoms with Crippen LogP contribution in [0.2, 0.25) is 0 Å². The number of nitrogens with zero attached hydrogens (tertiary/aromatic N) is 2. The number of thioether (sulfide) groups is 1. The lowest BCUT2D eigenvalue weighted by molar-refractivity contribution is -0.115. The number of carbonyl (C=O) groups excluding carboxylic acids is 1. The fourth-order valence-electron chi connectivity index (χ4n) is 1.43. The second kappa shape index (κ2) is 6.67. The summed E-state index contributed by atoms with van der Waals surface area (Å²) < 4.78 is 13.7. The van der Waals surface area contributed by atoms with E-state index in [0.29, 0.717) is 17.9 Å². The van der Waals surface area contributed by atoms with Crippen molar-refractivity contribution in [1.82, 2.24) is 10.2 Å². The summed E-state index contributed by atoms with van der Waals surface area (Å²) >= 11 is 2.97. The van der Waals surface area contributed by atoms with Gasteiger partial charge in [-0.1, -0.05) is 23.1 Å². The number of rotatable bonds is 5. The molecule has 3 N–H and O–H groups in total. The number of hydrogen-bond acceptors (Lipinski definition) is 6. The number of amides is 1. The Morgan fingerprint density at radius 3 is 2.95 bits per heavy atom. The van der Waals surface area contributed by atoms with Crippen molar-refractivity contribution >= 4 is 40.4 Å². The van der Waals surface area contributed by atoms with Gasteiger partial charge in [-0.05, 0) is 25.1 Å². The van der Waals surface area contributed by atoms with Crippen molar-refractivity contribution in [3.8, 4) is 0 Å². The van der Waals surface area contributed by atoms with E-state index in [0.717, 1.165) is 9.35 Å². The number of aromatic nitrogens is 2. The van der Waals surface area contributed by atoms with Gasteiger partial charge in [-0.25, -0.2) is 4.39 Å². The Balaban J connectivity index is 1.80. The molecule has 0 saturated carbocycles. The first-order valence-electron chi connectivity index (χ1n) is 5.82. The molecule has 0 unspecified atom stereocenters. The van der Waals surface area contributed by atoms with E-state index in [1.165, 1.54) is 41.3 Å². The first-order chi connectivity index (χ1) is 9.54. The lowest BCUT2D eigenvalue weighted by atomic mass is 10.2. The second-order valence-corrected chi connectivity index (χ2v) is 6.49. The van der Waals surface area contributed by atoms with E-state index in [4.69, 9.17) is 5.73 Å². The third kappa shape index (κ3) is 4.17. The van der Waals surface area contributed by atoms with Gasteiger partial charge >= 0.3 is 0 Å². The van der Waals surface area contributed by atoms with E-state index >= 15 is 0 Å². The SMILES string of the molecule is Cc1nnc(SCCC(=O)Nc2ccc(F)cc2N)s1. The van der Waals surface area contributed by atoms with Gasteiger partial charge in [-0.3, -0.25) is 4.79 Å². The van der Waals surface area contributed by atoms with Gasteiger partial charge in [0.05, 0.1) is 11.4 Å². The van der Waals surface area contributed by atoms with Crippen LogP contribution in [0.3, 0.4) is 0 Å². The summed E-state index contributed by atoms with van der Waals surface area (Å²) in [5.41, 5.74) is 6.25. The molecule has 20 heavy (non-hydrogen) atoms. The molecule has 0 fully saturated rings. The first-order valence-corrected chi connectivity index (χ1v) is 7.62. The molecule has 0 bridgehead atoms. The molecule has 0 spiro atoms. The third-order valence-electron chi connectivity index (χ3n) is 2.35. The van der Waals surface area contributed by atoms with Gasteiger partial charge in [0, 0.05) is 12.2 Å². The van der Waals surface area contributed by atoms with Crippen molar-refractivity contribution in [3.05, 3.63) is 29.0 Å². The smallest absolute Gasteiger partial charge is 0.225 e. The lowest BCUT2D eigenvalue weighted by Gasteiger charge is -2.07. The Morgan fingerprint density at radius 2 is 2.30 bits per heavy atom. The van der Waals surface area contributed by atoms with Crippen molar-refractivity contribution in [2.24, 2.45) is 0 Å². The zero-order valence-electron chi connectivity index (χ0n) is 10.7. The molecular formula is C12H13FN4OS2. The number of benzene rings is 1. The van der Waals surface area contributed by atoms with E-state index < -0.39 is 5.82 Å². The zero-order valence-corrected chi connectivity index (χ0v) is 12.4. The Bertz CT molecular complexity index is 617. The molecule has 5 nitrogen and oxygen atoms in total. The molecular weight excluding hydrogens is 299 g/mol. The van der Waals surface area contributed by atoms with Gasteiger partial charge in [0.25, 0.3) is 0 Å². The molecule has 0 aliphatic carbocycles. The number of aryl methyl sites for hydroxylation is 1. The van der Waals surface area contributed by atoms with Crippen LogP contribution in [0.25, 0.3) is 0 Å². The van der Waals surface area contributed by atoms with Crippen LogP contribution in [0, 0.1) is 12.7 Å². The quantitative estimate of drug-likeness (QED) is 0.655. The number of hydrogen-bond donors (Lipinski definition) is 2. The average molecular weight is 312 g/mol. The highest BCUT2D eigenvalue weighted by Crippen LogP contribution is 2.23. The van der Waals surface area contributed by atoms with Crippen LogP contribution in [0.1, 0.15) is 11.4 Å². The Kier molecular flexibility index (Phi) is 4.91. The van der Waals surface area contributed by atoms with Crippen LogP contribution in [0.5, 0.6) is 0 Å². The van der Waals surface area contributed by atoms with E-state index in [1.54, 1.807) is 0 Å². The van der Waals surface area contributed by atoms with Crippen molar-refractivity contribution in [2.45, 2.75) is 17.7 Å². The van der Waals surface area contributed by atoms with Gasteiger partial charge in [0.15, 0.2) is 4.34 Å².